The van der Waals surface area contributed by atoms with Crippen LogP contribution in [0.3, 0.4) is 0 Å². The summed E-state index contributed by atoms with van der Waals surface area (Å²) < 4.78 is 11.1. The molecule has 2 fully saturated rings. The number of hydrogen-bond acceptors (Lipinski definition) is 6. The van der Waals surface area contributed by atoms with Crippen LogP contribution in [-0.2, 0) is 5.54 Å². The fraction of sp³-hybridized carbons (Fsp3) is 0.444. The predicted octanol–water partition coefficient (Wildman–Crippen LogP) is 6.89. The van der Waals surface area contributed by atoms with Gasteiger partial charge < -0.3 is 20.1 Å². The number of aromatic nitrogens is 1. The number of halogens is 1. The van der Waals surface area contributed by atoms with Gasteiger partial charge in [0, 0.05) is 16.1 Å². The molecule has 2 aliphatic carbocycles. The fourth-order valence-corrected chi connectivity index (χ4v) is 6.49. The van der Waals surface area contributed by atoms with Crippen LogP contribution in [-0.4, -0.2) is 18.3 Å². The van der Waals surface area contributed by atoms with E-state index < -0.39 is 0 Å². The molecular formula is C27H30ClN3O2S. The van der Waals surface area contributed by atoms with E-state index in [9.17, 15) is 0 Å². The van der Waals surface area contributed by atoms with E-state index in [2.05, 4.69) is 34.9 Å². The first kappa shape index (κ1) is 22.2. The van der Waals surface area contributed by atoms with E-state index in [1.807, 2.05) is 24.4 Å². The second-order valence-corrected chi connectivity index (χ2v) is 11.2. The second kappa shape index (κ2) is 9.40. The first-order valence-corrected chi connectivity index (χ1v) is 13.5. The van der Waals surface area contributed by atoms with Crippen molar-refractivity contribution in [2.45, 2.75) is 56.5 Å². The number of anilines is 1. The molecule has 5 nitrogen and oxygen atoms in total. The lowest BCUT2D eigenvalue weighted by atomic mass is 9.89. The lowest BCUT2D eigenvalue weighted by molar-refractivity contribution is 0.174. The number of fused-ring (bicyclic) bond motifs is 1. The van der Waals surface area contributed by atoms with E-state index in [4.69, 9.17) is 26.1 Å². The minimum absolute atomic E-state index is 0.0457. The normalized spacial score (nSPS) is 19.7. The van der Waals surface area contributed by atoms with Gasteiger partial charge >= 0.3 is 0 Å². The Labute approximate surface area is 209 Å². The number of thiazole rings is 1. The minimum atomic E-state index is -0.0779. The molecule has 6 rings (SSSR count). The number of hydrogen-bond donors (Lipinski definition) is 2. The molecule has 2 N–H and O–H groups in total. The zero-order valence-corrected chi connectivity index (χ0v) is 20.8. The molecule has 2 heterocycles. The zero-order chi connectivity index (χ0) is 23.0. The van der Waals surface area contributed by atoms with Crippen molar-refractivity contribution < 1.29 is 9.47 Å². The third-order valence-corrected chi connectivity index (χ3v) is 8.70. The van der Waals surface area contributed by atoms with Gasteiger partial charge in [0.1, 0.15) is 0 Å². The first-order chi connectivity index (χ1) is 16.7. The van der Waals surface area contributed by atoms with Crippen molar-refractivity contribution in [1.82, 2.24) is 10.3 Å². The van der Waals surface area contributed by atoms with Crippen LogP contribution in [0.25, 0.3) is 0 Å². The number of ether oxygens (including phenoxy) is 2. The monoisotopic (exact) mass is 495 g/mol. The maximum absolute atomic E-state index is 6.65. The number of nitrogens with zero attached hydrogens (tertiary/aromatic N) is 1. The molecule has 1 unspecified atom stereocenters. The van der Waals surface area contributed by atoms with E-state index in [-0.39, 0.29) is 11.6 Å². The molecule has 178 valence electrons. The Morgan fingerprint density at radius 2 is 1.88 bits per heavy atom. The van der Waals surface area contributed by atoms with Gasteiger partial charge in [-0.25, -0.2) is 4.98 Å². The Bertz CT molecular complexity index is 1160. The highest BCUT2D eigenvalue weighted by Gasteiger charge is 2.45. The van der Waals surface area contributed by atoms with Crippen LogP contribution in [0.15, 0.2) is 48.7 Å². The van der Waals surface area contributed by atoms with Crippen LogP contribution in [0.4, 0.5) is 5.13 Å². The van der Waals surface area contributed by atoms with Gasteiger partial charge in [-0.3, -0.25) is 0 Å². The molecule has 0 radical (unpaired) electrons. The average Bonchev–Trinajstić information content (AvgIpc) is 3.26. The predicted molar refractivity (Wildman–Crippen MR) is 137 cm³/mol. The first-order valence-electron chi connectivity index (χ1n) is 12.3. The number of rotatable bonds is 8. The minimum Gasteiger partial charge on any atom is -0.454 e. The Morgan fingerprint density at radius 1 is 1.06 bits per heavy atom. The largest absolute Gasteiger partial charge is 0.454 e. The summed E-state index contributed by atoms with van der Waals surface area (Å²) in [4.78, 5) is 5.97. The molecule has 1 aromatic heterocycles. The Morgan fingerprint density at radius 3 is 2.71 bits per heavy atom. The quantitative estimate of drug-likeness (QED) is 0.356. The Balaban J connectivity index is 1.22. The highest BCUT2D eigenvalue weighted by Crippen LogP contribution is 2.51. The fourth-order valence-electron chi connectivity index (χ4n) is 5.24. The van der Waals surface area contributed by atoms with Crippen molar-refractivity contribution in [3.8, 4) is 11.5 Å². The SMILES string of the molecule is Clc1ccccc1C(NCC1CCCCC1)c1cnc(NC2(c3ccc4c(c3)OCO4)CC2)s1. The van der Waals surface area contributed by atoms with Crippen LogP contribution in [0.2, 0.25) is 5.02 Å². The van der Waals surface area contributed by atoms with Gasteiger partial charge in [-0.1, -0.05) is 55.1 Å². The summed E-state index contributed by atoms with van der Waals surface area (Å²) in [5, 5.41) is 9.32. The average molecular weight is 496 g/mol. The van der Waals surface area contributed by atoms with Crippen LogP contribution in [0.5, 0.6) is 11.5 Å². The molecule has 7 heteroatoms. The molecule has 0 bridgehead atoms. The molecule has 0 saturated heterocycles. The van der Waals surface area contributed by atoms with Gasteiger partial charge in [0.15, 0.2) is 16.6 Å². The molecule has 2 saturated carbocycles. The summed E-state index contributed by atoms with van der Waals surface area (Å²) in [6.07, 6.45) is 10.9. The summed E-state index contributed by atoms with van der Waals surface area (Å²) in [7, 11) is 0. The third kappa shape index (κ3) is 4.51. The summed E-state index contributed by atoms with van der Waals surface area (Å²) in [5.41, 5.74) is 2.27. The van der Waals surface area contributed by atoms with Crippen molar-refractivity contribution >= 4 is 28.1 Å². The van der Waals surface area contributed by atoms with E-state index >= 15 is 0 Å². The smallest absolute Gasteiger partial charge is 0.231 e. The molecule has 1 atom stereocenters. The van der Waals surface area contributed by atoms with Crippen molar-refractivity contribution in [3.63, 3.8) is 0 Å². The van der Waals surface area contributed by atoms with Gasteiger partial charge in [-0.2, -0.15) is 0 Å². The lowest BCUT2D eigenvalue weighted by Crippen LogP contribution is -2.29. The Hall–Kier alpha value is -2.28. The highest BCUT2D eigenvalue weighted by molar-refractivity contribution is 7.15. The van der Waals surface area contributed by atoms with Gasteiger partial charge in [0.2, 0.25) is 6.79 Å². The molecule has 0 spiro atoms. The van der Waals surface area contributed by atoms with Crippen LogP contribution in [0.1, 0.15) is 67.0 Å². The summed E-state index contributed by atoms with van der Waals surface area (Å²) in [6.45, 7) is 1.31. The van der Waals surface area contributed by atoms with Gasteiger partial charge in [0.05, 0.1) is 11.6 Å². The molecule has 2 aromatic carbocycles. The third-order valence-electron chi connectivity index (χ3n) is 7.38. The van der Waals surface area contributed by atoms with Crippen LogP contribution < -0.4 is 20.1 Å². The van der Waals surface area contributed by atoms with E-state index in [1.165, 1.54) is 42.5 Å². The van der Waals surface area contributed by atoms with Gasteiger partial charge in [-0.05, 0) is 67.5 Å². The van der Waals surface area contributed by atoms with Gasteiger partial charge in [-0.15, -0.1) is 11.3 Å². The number of benzene rings is 2. The van der Waals surface area contributed by atoms with Crippen molar-refractivity contribution in [3.05, 3.63) is 69.7 Å². The number of nitrogens with one attached hydrogen (secondary N) is 2. The zero-order valence-electron chi connectivity index (χ0n) is 19.2. The van der Waals surface area contributed by atoms with Crippen molar-refractivity contribution in [2.24, 2.45) is 5.92 Å². The van der Waals surface area contributed by atoms with Crippen LogP contribution >= 0.6 is 22.9 Å². The molecular weight excluding hydrogens is 466 g/mol. The van der Waals surface area contributed by atoms with Crippen molar-refractivity contribution in [2.75, 3.05) is 18.7 Å². The highest BCUT2D eigenvalue weighted by atomic mass is 35.5. The van der Waals surface area contributed by atoms with Crippen molar-refractivity contribution in [1.29, 1.82) is 0 Å². The Kier molecular flexibility index (Phi) is 6.14. The summed E-state index contributed by atoms with van der Waals surface area (Å²) in [5.74, 6) is 2.39. The molecule has 34 heavy (non-hydrogen) atoms. The maximum Gasteiger partial charge on any atom is 0.231 e. The second-order valence-electron chi connectivity index (χ2n) is 9.71. The molecule has 0 amide bonds. The standard InChI is InChI=1S/C27H30ClN3O2S/c28-21-9-5-4-8-20(21)25(29-15-18-6-2-1-3-7-18)24-16-30-26(34-24)31-27(12-13-27)19-10-11-22-23(14-19)33-17-32-22/h4-5,8-11,14,16,18,25,29H,1-3,6-7,12-13,15,17H2,(H,30,31). The summed E-state index contributed by atoms with van der Waals surface area (Å²) in [6, 6.07) is 14.5. The maximum atomic E-state index is 6.65. The molecule has 3 aromatic rings. The van der Waals surface area contributed by atoms with E-state index in [1.54, 1.807) is 11.3 Å². The molecule has 3 aliphatic rings. The summed E-state index contributed by atoms with van der Waals surface area (Å²) >= 11 is 8.37. The van der Waals surface area contributed by atoms with E-state index in [0.29, 0.717) is 6.79 Å². The van der Waals surface area contributed by atoms with Crippen LogP contribution in [0, 0.1) is 5.92 Å². The van der Waals surface area contributed by atoms with Gasteiger partial charge in [0.25, 0.3) is 0 Å². The van der Waals surface area contributed by atoms with E-state index in [0.717, 1.165) is 52.5 Å². The lowest BCUT2D eigenvalue weighted by Gasteiger charge is -2.26. The topological polar surface area (TPSA) is 55.4 Å². The molecule has 1 aliphatic heterocycles.